The Balaban J connectivity index is 2.22. The van der Waals surface area contributed by atoms with Crippen LogP contribution in [0.15, 0.2) is 52.3 Å². The predicted molar refractivity (Wildman–Crippen MR) is 108 cm³/mol. The van der Waals surface area contributed by atoms with Gasteiger partial charge in [0.1, 0.15) is 0 Å². The third-order valence-electron chi connectivity index (χ3n) is 4.14. The summed E-state index contributed by atoms with van der Waals surface area (Å²) >= 11 is 0.385. The van der Waals surface area contributed by atoms with Crippen molar-refractivity contribution in [3.8, 4) is 0 Å². The van der Waals surface area contributed by atoms with Gasteiger partial charge in [-0.15, -0.1) is 0 Å². The first kappa shape index (κ1) is 22.2. The fourth-order valence-corrected chi connectivity index (χ4v) is 4.16. The molecular formula is C19H22F2N2O3S2. The van der Waals surface area contributed by atoms with Crippen molar-refractivity contribution in [1.29, 1.82) is 0 Å². The molecule has 5 nitrogen and oxygen atoms in total. The van der Waals surface area contributed by atoms with Gasteiger partial charge in [0.15, 0.2) is 0 Å². The molecule has 2 rings (SSSR count). The average Bonchev–Trinajstić information content (AvgIpc) is 2.63. The first-order valence-electron chi connectivity index (χ1n) is 8.61. The van der Waals surface area contributed by atoms with Crippen molar-refractivity contribution in [3.63, 3.8) is 0 Å². The number of alkyl halides is 2. The number of thioether (sulfide) groups is 1. The Kier molecular flexibility index (Phi) is 7.42. The van der Waals surface area contributed by atoms with Crippen LogP contribution in [0.2, 0.25) is 0 Å². The number of aryl methyl sites for hydroxylation is 1. The number of carbonyl (C=O) groups excluding carboxylic acids is 1. The number of nitrogens with one attached hydrogen (secondary N) is 2. The molecule has 2 aromatic rings. The van der Waals surface area contributed by atoms with E-state index in [4.69, 9.17) is 0 Å². The molecule has 1 unspecified atom stereocenters. The standard InChI is InChI=1S/C19H22F2N2O3S2/c1-4-12(2)18(24)22-15-6-5-13(3)17(11-15)28(25,26)23-14-7-9-16(10-8-14)27-19(20)21/h5-12,19,23H,4H2,1-3H3,(H,22,24). The predicted octanol–water partition coefficient (Wildman–Crippen LogP) is 5.10. The molecule has 152 valence electrons. The number of amides is 1. The second-order valence-electron chi connectivity index (χ2n) is 6.29. The highest BCUT2D eigenvalue weighted by Gasteiger charge is 2.19. The Bertz CT molecular complexity index is 933. The second-order valence-corrected chi connectivity index (χ2v) is 9.00. The largest absolute Gasteiger partial charge is 0.326 e. The minimum absolute atomic E-state index is 0.0282. The number of halogens is 2. The van der Waals surface area contributed by atoms with Crippen LogP contribution in [-0.4, -0.2) is 20.1 Å². The Labute approximate surface area is 168 Å². The molecule has 28 heavy (non-hydrogen) atoms. The summed E-state index contributed by atoms with van der Waals surface area (Å²) in [7, 11) is -3.92. The van der Waals surface area contributed by atoms with E-state index in [0.29, 0.717) is 34.3 Å². The summed E-state index contributed by atoms with van der Waals surface area (Å²) in [4.78, 5) is 12.4. The van der Waals surface area contributed by atoms with Crippen LogP contribution in [0.25, 0.3) is 0 Å². The Morgan fingerprint density at radius 3 is 2.29 bits per heavy atom. The maximum Gasteiger partial charge on any atom is 0.288 e. The number of benzene rings is 2. The van der Waals surface area contributed by atoms with Gasteiger partial charge in [-0.3, -0.25) is 9.52 Å². The average molecular weight is 429 g/mol. The molecule has 0 bridgehead atoms. The van der Waals surface area contributed by atoms with E-state index >= 15 is 0 Å². The van der Waals surface area contributed by atoms with Gasteiger partial charge in [-0.05, 0) is 55.3 Å². The number of hydrogen-bond acceptors (Lipinski definition) is 4. The van der Waals surface area contributed by atoms with Gasteiger partial charge < -0.3 is 5.32 Å². The minimum atomic E-state index is -3.92. The fourth-order valence-electron chi connectivity index (χ4n) is 2.33. The molecule has 0 saturated heterocycles. The highest BCUT2D eigenvalue weighted by molar-refractivity contribution is 7.99. The monoisotopic (exact) mass is 428 g/mol. The van der Waals surface area contributed by atoms with Gasteiger partial charge in [-0.2, -0.15) is 8.78 Å². The maximum atomic E-state index is 12.8. The summed E-state index contributed by atoms with van der Waals surface area (Å²) in [5, 5.41) is 2.72. The van der Waals surface area contributed by atoms with Gasteiger partial charge in [0.2, 0.25) is 5.91 Å². The van der Waals surface area contributed by atoms with Crippen LogP contribution in [0.3, 0.4) is 0 Å². The molecule has 2 N–H and O–H groups in total. The lowest BCUT2D eigenvalue weighted by Crippen LogP contribution is -2.20. The molecule has 0 radical (unpaired) electrons. The zero-order valence-corrected chi connectivity index (χ0v) is 17.3. The van der Waals surface area contributed by atoms with Crippen molar-refractivity contribution in [3.05, 3.63) is 48.0 Å². The Morgan fingerprint density at radius 2 is 1.71 bits per heavy atom. The topological polar surface area (TPSA) is 75.3 Å². The molecular weight excluding hydrogens is 406 g/mol. The summed E-state index contributed by atoms with van der Waals surface area (Å²) in [6, 6.07) is 10.3. The molecule has 0 aliphatic carbocycles. The SMILES string of the molecule is CCC(C)C(=O)Nc1ccc(C)c(S(=O)(=O)Nc2ccc(SC(F)F)cc2)c1. The normalized spacial score (nSPS) is 12.6. The molecule has 0 heterocycles. The van der Waals surface area contributed by atoms with E-state index in [1.807, 2.05) is 6.92 Å². The zero-order valence-electron chi connectivity index (χ0n) is 15.7. The molecule has 0 saturated carbocycles. The summed E-state index contributed by atoms with van der Waals surface area (Å²) in [5.74, 6) is -2.92. The van der Waals surface area contributed by atoms with Crippen molar-refractivity contribution < 1.29 is 22.0 Å². The molecule has 9 heteroatoms. The highest BCUT2D eigenvalue weighted by Crippen LogP contribution is 2.28. The smallest absolute Gasteiger partial charge is 0.288 e. The van der Waals surface area contributed by atoms with Crippen molar-refractivity contribution in [2.45, 2.75) is 42.7 Å². The number of rotatable bonds is 8. The fraction of sp³-hybridized carbons (Fsp3) is 0.316. The van der Waals surface area contributed by atoms with Gasteiger partial charge in [-0.1, -0.05) is 31.7 Å². The van der Waals surface area contributed by atoms with Crippen molar-refractivity contribution in [1.82, 2.24) is 0 Å². The summed E-state index contributed by atoms with van der Waals surface area (Å²) < 4.78 is 52.7. The molecule has 0 fully saturated rings. The third kappa shape index (κ3) is 5.93. The van der Waals surface area contributed by atoms with E-state index < -0.39 is 15.8 Å². The van der Waals surface area contributed by atoms with Crippen LogP contribution in [0.4, 0.5) is 20.2 Å². The van der Waals surface area contributed by atoms with Crippen molar-refractivity contribution in [2.75, 3.05) is 10.0 Å². The Hall–Kier alpha value is -2.13. The second kappa shape index (κ2) is 9.38. The maximum absolute atomic E-state index is 12.8. The van der Waals surface area contributed by atoms with Crippen LogP contribution >= 0.6 is 11.8 Å². The first-order valence-corrected chi connectivity index (χ1v) is 11.0. The number of sulfonamides is 1. The van der Waals surface area contributed by atoms with Gasteiger partial charge in [-0.25, -0.2) is 8.42 Å². The van der Waals surface area contributed by atoms with E-state index in [9.17, 15) is 22.0 Å². The minimum Gasteiger partial charge on any atom is -0.326 e. The van der Waals surface area contributed by atoms with Gasteiger partial charge in [0, 0.05) is 22.2 Å². The Morgan fingerprint density at radius 1 is 1.11 bits per heavy atom. The number of anilines is 2. The van der Waals surface area contributed by atoms with Crippen LogP contribution < -0.4 is 10.0 Å². The molecule has 0 spiro atoms. The number of hydrogen-bond donors (Lipinski definition) is 2. The highest BCUT2D eigenvalue weighted by atomic mass is 32.2. The third-order valence-corrected chi connectivity index (χ3v) is 6.38. The van der Waals surface area contributed by atoms with Gasteiger partial charge in [0.25, 0.3) is 15.8 Å². The van der Waals surface area contributed by atoms with Gasteiger partial charge in [0.05, 0.1) is 4.90 Å². The lowest BCUT2D eigenvalue weighted by molar-refractivity contribution is -0.119. The van der Waals surface area contributed by atoms with E-state index in [0.717, 1.165) is 0 Å². The van der Waals surface area contributed by atoms with Gasteiger partial charge >= 0.3 is 0 Å². The quantitative estimate of drug-likeness (QED) is 0.574. The van der Waals surface area contributed by atoms with Crippen LogP contribution in [-0.2, 0) is 14.8 Å². The molecule has 2 aromatic carbocycles. The summed E-state index contributed by atoms with van der Waals surface area (Å²) in [5.41, 5.74) is 1.16. The summed E-state index contributed by atoms with van der Waals surface area (Å²) in [6.45, 7) is 5.33. The van der Waals surface area contributed by atoms with Crippen LogP contribution in [0.1, 0.15) is 25.8 Å². The van der Waals surface area contributed by atoms with Crippen molar-refractivity contribution in [2.24, 2.45) is 5.92 Å². The van der Waals surface area contributed by atoms with Crippen LogP contribution in [0.5, 0.6) is 0 Å². The summed E-state index contributed by atoms with van der Waals surface area (Å²) in [6.07, 6.45) is 0.671. The zero-order chi connectivity index (χ0) is 20.9. The molecule has 1 atom stereocenters. The molecule has 0 aliphatic rings. The van der Waals surface area contributed by atoms with E-state index in [2.05, 4.69) is 10.0 Å². The lowest BCUT2D eigenvalue weighted by Gasteiger charge is -2.14. The first-order chi connectivity index (χ1) is 13.1. The molecule has 1 amide bonds. The van der Waals surface area contributed by atoms with E-state index in [1.54, 1.807) is 26.0 Å². The number of carbonyl (C=O) groups is 1. The van der Waals surface area contributed by atoms with Crippen molar-refractivity contribution >= 4 is 39.1 Å². The molecule has 0 aliphatic heterocycles. The van der Waals surface area contributed by atoms with Crippen LogP contribution in [0, 0.1) is 12.8 Å². The molecule has 0 aromatic heterocycles. The van der Waals surface area contributed by atoms with E-state index in [1.165, 1.54) is 30.3 Å². The lowest BCUT2D eigenvalue weighted by atomic mass is 10.1. The van der Waals surface area contributed by atoms with E-state index in [-0.39, 0.29) is 22.4 Å².